The van der Waals surface area contributed by atoms with Crippen molar-refractivity contribution in [1.29, 1.82) is 0 Å². The summed E-state index contributed by atoms with van der Waals surface area (Å²) in [5.74, 6) is 1.60. The number of carbonyl (C=O) groups is 1. The molecule has 1 heterocycles. The molecule has 0 bridgehead atoms. The van der Waals surface area contributed by atoms with Crippen LogP contribution in [-0.4, -0.2) is 26.4 Å². The van der Waals surface area contributed by atoms with E-state index in [1.807, 2.05) is 37.3 Å². The average Bonchev–Trinajstić information content (AvgIpc) is 3.06. The molecular weight excluding hydrogens is 460 g/mol. The number of carbonyl (C=O) groups excluding carboxylic acids is 1. The Kier molecular flexibility index (Phi) is 7.72. The Labute approximate surface area is 190 Å². The Hall–Kier alpha value is -2.12. The third-order valence-electron chi connectivity index (χ3n) is 4.74. The summed E-state index contributed by atoms with van der Waals surface area (Å²) < 4.78 is 3.03. The highest BCUT2D eigenvalue weighted by Crippen LogP contribution is 2.27. The largest absolute Gasteiger partial charge is 0.324 e. The lowest BCUT2D eigenvalue weighted by molar-refractivity contribution is -0.113. The van der Waals surface area contributed by atoms with Crippen molar-refractivity contribution in [1.82, 2.24) is 14.8 Å². The molecule has 0 radical (unpaired) electrons. The number of anilines is 1. The minimum atomic E-state index is -0.0624. The van der Waals surface area contributed by atoms with Crippen LogP contribution in [0.2, 0.25) is 0 Å². The van der Waals surface area contributed by atoms with Gasteiger partial charge in [-0.2, -0.15) is 0 Å². The van der Waals surface area contributed by atoms with E-state index in [9.17, 15) is 4.79 Å². The molecule has 0 saturated carbocycles. The molecule has 5 nitrogen and oxygen atoms in total. The number of benzene rings is 2. The van der Waals surface area contributed by atoms with Crippen molar-refractivity contribution < 1.29 is 4.79 Å². The van der Waals surface area contributed by atoms with Crippen LogP contribution in [0.5, 0.6) is 0 Å². The number of hydrogen-bond donors (Lipinski definition) is 1. The topological polar surface area (TPSA) is 59.8 Å². The second kappa shape index (κ2) is 10.3. The monoisotopic (exact) mass is 486 g/mol. The SMILES string of the molecule is Cc1cc(Br)c(NC(=O)CSc2nnc(Cc3ccccc3)n2CC(C)C)cc1C. The number of amides is 1. The Morgan fingerprint density at radius 2 is 1.83 bits per heavy atom. The summed E-state index contributed by atoms with van der Waals surface area (Å²) in [6.07, 6.45) is 0.725. The van der Waals surface area contributed by atoms with Gasteiger partial charge in [0, 0.05) is 17.4 Å². The predicted octanol–water partition coefficient (Wildman–Crippen LogP) is 5.64. The fraction of sp³-hybridized carbons (Fsp3) is 0.348. The van der Waals surface area contributed by atoms with E-state index in [0.717, 1.165) is 39.7 Å². The van der Waals surface area contributed by atoms with Crippen LogP contribution in [0.3, 0.4) is 0 Å². The average molecular weight is 487 g/mol. The lowest BCUT2D eigenvalue weighted by atomic mass is 10.1. The molecule has 1 amide bonds. The third-order valence-corrected chi connectivity index (χ3v) is 6.36. The third kappa shape index (κ3) is 5.95. The number of nitrogens with one attached hydrogen (secondary N) is 1. The van der Waals surface area contributed by atoms with Crippen LogP contribution in [0.4, 0.5) is 5.69 Å². The van der Waals surface area contributed by atoms with E-state index in [2.05, 4.69) is 68.9 Å². The van der Waals surface area contributed by atoms with Crippen LogP contribution in [-0.2, 0) is 17.8 Å². The van der Waals surface area contributed by atoms with Crippen LogP contribution in [0, 0.1) is 19.8 Å². The first kappa shape index (κ1) is 22.6. The fourth-order valence-electron chi connectivity index (χ4n) is 3.08. The molecule has 0 spiro atoms. The van der Waals surface area contributed by atoms with Gasteiger partial charge >= 0.3 is 0 Å². The first-order chi connectivity index (χ1) is 14.3. The number of hydrogen-bond acceptors (Lipinski definition) is 4. The van der Waals surface area contributed by atoms with Crippen LogP contribution in [0.15, 0.2) is 52.1 Å². The smallest absolute Gasteiger partial charge is 0.234 e. The molecule has 0 aliphatic rings. The number of aryl methyl sites for hydroxylation is 2. The molecule has 2 aromatic carbocycles. The highest BCUT2D eigenvalue weighted by Gasteiger charge is 2.16. The van der Waals surface area contributed by atoms with Gasteiger partial charge in [-0.1, -0.05) is 55.9 Å². The zero-order valence-electron chi connectivity index (χ0n) is 17.8. The lowest BCUT2D eigenvalue weighted by Gasteiger charge is -2.13. The van der Waals surface area contributed by atoms with Crippen molar-refractivity contribution in [3.8, 4) is 0 Å². The van der Waals surface area contributed by atoms with Crippen molar-refractivity contribution >= 4 is 39.3 Å². The van der Waals surface area contributed by atoms with Gasteiger partial charge in [0.2, 0.25) is 5.91 Å². The Balaban J connectivity index is 1.70. The zero-order chi connectivity index (χ0) is 21.7. The van der Waals surface area contributed by atoms with E-state index in [1.165, 1.54) is 22.9 Å². The number of aromatic nitrogens is 3. The minimum Gasteiger partial charge on any atom is -0.324 e. The molecule has 3 rings (SSSR count). The van der Waals surface area contributed by atoms with Gasteiger partial charge in [0.25, 0.3) is 0 Å². The van der Waals surface area contributed by atoms with E-state index in [4.69, 9.17) is 0 Å². The molecule has 158 valence electrons. The molecule has 0 fully saturated rings. The minimum absolute atomic E-state index is 0.0624. The van der Waals surface area contributed by atoms with Crippen LogP contribution in [0.25, 0.3) is 0 Å². The molecule has 0 unspecified atom stereocenters. The van der Waals surface area contributed by atoms with Gasteiger partial charge in [0.15, 0.2) is 5.16 Å². The van der Waals surface area contributed by atoms with Gasteiger partial charge in [-0.15, -0.1) is 10.2 Å². The first-order valence-electron chi connectivity index (χ1n) is 9.99. The van der Waals surface area contributed by atoms with Gasteiger partial charge < -0.3 is 9.88 Å². The molecule has 0 aliphatic heterocycles. The number of thioether (sulfide) groups is 1. The molecule has 7 heteroatoms. The lowest BCUT2D eigenvalue weighted by Crippen LogP contribution is -2.16. The van der Waals surface area contributed by atoms with E-state index in [0.29, 0.717) is 5.92 Å². The fourth-order valence-corrected chi connectivity index (χ4v) is 4.40. The van der Waals surface area contributed by atoms with E-state index in [-0.39, 0.29) is 11.7 Å². The van der Waals surface area contributed by atoms with Gasteiger partial charge in [0.1, 0.15) is 5.82 Å². The van der Waals surface area contributed by atoms with Gasteiger partial charge in [-0.25, -0.2) is 0 Å². The van der Waals surface area contributed by atoms with Crippen LogP contribution in [0.1, 0.15) is 36.4 Å². The normalized spacial score (nSPS) is 11.1. The van der Waals surface area contributed by atoms with Crippen molar-refractivity contribution in [2.24, 2.45) is 5.92 Å². The Bertz CT molecular complexity index is 1020. The maximum absolute atomic E-state index is 12.6. The molecule has 0 saturated heterocycles. The van der Waals surface area contributed by atoms with Crippen molar-refractivity contribution in [3.63, 3.8) is 0 Å². The summed E-state index contributed by atoms with van der Waals surface area (Å²) in [5, 5.41) is 12.6. The van der Waals surface area contributed by atoms with Crippen molar-refractivity contribution in [3.05, 3.63) is 69.5 Å². The molecular formula is C23H27BrN4OS. The molecule has 0 aliphatic carbocycles. The van der Waals surface area contributed by atoms with Gasteiger partial charge in [-0.3, -0.25) is 4.79 Å². The van der Waals surface area contributed by atoms with Gasteiger partial charge in [-0.05, 0) is 64.5 Å². The number of nitrogens with zero attached hydrogens (tertiary/aromatic N) is 3. The van der Waals surface area contributed by atoms with Crippen molar-refractivity contribution in [2.75, 3.05) is 11.1 Å². The number of rotatable bonds is 8. The van der Waals surface area contributed by atoms with Crippen LogP contribution >= 0.6 is 27.7 Å². The number of halogens is 1. The van der Waals surface area contributed by atoms with Crippen LogP contribution < -0.4 is 5.32 Å². The maximum atomic E-state index is 12.6. The Morgan fingerprint density at radius 3 is 2.53 bits per heavy atom. The second-order valence-corrected chi connectivity index (χ2v) is 9.62. The summed E-state index contributed by atoms with van der Waals surface area (Å²) in [6.45, 7) is 9.25. The molecule has 1 N–H and O–H groups in total. The van der Waals surface area contributed by atoms with E-state index < -0.39 is 0 Å². The summed E-state index contributed by atoms with van der Waals surface area (Å²) in [4.78, 5) is 12.6. The van der Waals surface area contributed by atoms with Crippen molar-refractivity contribution in [2.45, 2.75) is 45.8 Å². The zero-order valence-corrected chi connectivity index (χ0v) is 20.2. The summed E-state index contributed by atoms with van der Waals surface area (Å²) in [6, 6.07) is 14.3. The second-order valence-electron chi connectivity index (χ2n) is 7.82. The highest BCUT2D eigenvalue weighted by molar-refractivity contribution is 9.10. The highest BCUT2D eigenvalue weighted by atomic mass is 79.9. The quantitative estimate of drug-likeness (QED) is 0.418. The molecule has 3 aromatic rings. The van der Waals surface area contributed by atoms with E-state index in [1.54, 1.807) is 0 Å². The summed E-state index contributed by atoms with van der Waals surface area (Å²) in [5.41, 5.74) is 4.31. The molecule has 0 atom stereocenters. The van der Waals surface area contributed by atoms with E-state index >= 15 is 0 Å². The standard InChI is InChI=1S/C23H27BrN4OS/c1-15(2)13-28-21(12-18-8-6-5-7-9-18)26-27-23(28)30-14-22(29)25-20-11-17(4)16(3)10-19(20)24/h5-11,15H,12-14H2,1-4H3,(H,25,29). The van der Waals surface area contributed by atoms with Gasteiger partial charge in [0.05, 0.1) is 11.4 Å². The maximum Gasteiger partial charge on any atom is 0.234 e. The first-order valence-corrected chi connectivity index (χ1v) is 11.8. The molecule has 1 aromatic heterocycles. The summed E-state index contributed by atoms with van der Waals surface area (Å²) in [7, 11) is 0. The predicted molar refractivity (Wildman–Crippen MR) is 127 cm³/mol. The summed E-state index contributed by atoms with van der Waals surface area (Å²) >= 11 is 4.95. The molecule has 30 heavy (non-hydrogen) atoms. The Morgan fingerprint density at radius 1 is 1.13 bits per heavy atom.